The van der Waals surface area contributed by atoms with Gasteiger partial charge in [-0.1, -0.05) is 0 Å². The van der Waals surface area contributed by atoms with Crippen LogP contribution in [0.3, 0.4) is 0 Å². The molecule has 1 atom stereocenters. The predicted octanol–water partition coefficient (Wildman–Crippen LogP) is -0.433. The summed E-state index contributed by atoms with van der Waals surface area (Å²) in [6, 6.07) is 0. The Balaban J connectivity index is 1.88. The minimum absolute atomic E-state index is 0.00620. The average Bonchev–Trinajstić information content (AvgIpc) is 2.86. The van der Waals surface area contributed by atoms with E-state index >= 15 is 0 Å². The number of nitrogens with one attached hydrogen (secondary N) is 3. The highest BCUT2D eigenvalue weighted by molar-refractivity contribution is 5.92. The summed E-state index contributed by atoms with van der Waals surface area (Å²) in [5, 5.41) is 12.6. The van der Waals surface area contributed by atoms with Crippen LogP contribution in [0, 0.1) is 5.92 Å². The van der Waals surface area contributed by atoms with E-state index in [-0.39, 0.29) is 24.3 Å². The maximum atomic E-state index is 12.0. The molecule has 0 spiro atoms. The monoisotopic (exact) mass is 265 g/mol. The number of carbonyl (C=O) groups excluding carboxylic acids is 2. The van der Waals surface area contributed by atoms with Gasteiger partial charge in [0, 0.05) is 19.8 Å². The van der Waals surface area contributed by atoms with Crippen molar-refractivity contribution in [2.75, 3.05) is 25.5 Å². The minimum atomic E-state index is -0.127. The van der Waals surface area contributed by atoms with E-state index < -0.39 is 0 Å². The summed E-state index contributed by atoms with van der Waals surface area (Å²) in [5.74, 6) is -0.111. The number of rotatable bonds is 4. The van der Waals surface area contributed by atoms with Crippen molar-refractivity contribution < 1.29 is 9.59 Å². The Hall–Kier alpha value is -1.89. The molecule has 0 radical (unpaired) electrons. The third-order valence-corrected chi connectivity index (χ3v) is 3.15. The van der Waals surface area contributed by atoms with Crippen molar-refractivity contribution in [1.29, 1.82) is 0 Å². The van der Waals surface area contributed by atoms with E-state index in [1.807, 2.05) is 0 Å². The van der Waals surface area contributed by atoms with E-state index in [0.717, 1.165) is 25.9 Å². The summed E-state index contributed by atoms with van der Waals surface area (Å²) < 4.78 is 1.49. The summed E-state index contributed by atoms with van der Waals surface area (Å²) in [4.78, 5) is 23.2. The second-order valence-electron chi connectivity index (χ2n) is 4.63. The maximum absolute atomic E-state index is 12.0. The highest BCUT2D eigenvalue weighted by atomic mass is 16.2. The van der Waals surface area contributed by atoms with Gasteiger partial charge in [0.05, 0.1) is 17.8 Å². The fourth-order valence-electron chi connectivity index (χ4n) is 2.06. The summed E-state index contributed by atoms with van der Waals surface area (Å²) in [6.07, 6.45) is 5.14. The minimum Gasteiger partial charge on any atom is -0.358 e. The lowest BCUT2D eigenvalue weighted by Gasteiger charge is -2.21. The van der Waals surface area contributed by atoms with Gasteiger partial charge in [-0.2, -0.15) is 5.10 Å². The van der Waals surface area contributed by atoms with Gasteiger partial charge in [0.2, 0.25) is 11.8 Å². The lowest BCUT2D eigenvalue weighted by atomic mass is 9.99. The van der Waals surface area contributed by atoms with E-state index in [1.165, 1.54) is 4.68 Å². The van der Waals surface area contributed by atoms with Crippen LogP contribution in [0.2, 0.25) is 0 Å². The first-order valence-electron chi connectivity index (χ1n) is 6.43. The zero-order valence-electron chi connectivity index (χ0n) is 11.0. The van der Waals surface area contributed by atoms with E-state index in [9.17, 15) is 9.59 Å². The van der Waals surface area contributed by atoms with Gasteiger partial charge in [0.15, 0.2) is 0 Å². The summed E-state index contributed by atoms with van der Waals surface area (Å²) >= 11 is 0. The Labute approximate surface area is 111 Å². The molecule has 7 heteroatoms. The zero-order chi connectivity index (χ0) is 13.7. The predicted molar refractivity (Wildman–Crippen MR) is 70.5 cm³/mol. The molecule has 1 fully saturated rings. The first-order valence-corrected chi connectivity index (χ1v) is 6.43. The smallest absolute Gasteiger partial charge is 0.241 e. The molecule has 0 aromatic carbocycles. The highest BCUT2D eigenvalue weighted by Crippen LogP contribution is 2.13. The molecule has 104 valence electrons. The van der Waals surface area contributed by atoms with Gasteiger partial charge in [-0.25, -0.2) is 0 Å². The van der Waals surface area contributed by atoms with Gasteiger partial charge in [0.1, 0.15) is 6.54 Å². The largest absolute Gasteiger partial charge is 0.358 e. The number of piperidine rings is 1. The molecule has 0 bridgehead atoms. The molecule has 1 aliphatic rings. The Morgan fingerprint density at radius 1 is 1.58 bits per heavy atom. The van der Waals surface area contributed by atoms with Crippen molar-refractivity contribution in [3.05, 3.63) is 12.4 Å². The van der Waals surface area contributed by atoms with Gasteiger partial charge in [-0.05, 0) is 19.4 Å². The fourth-order valence-corrected chi connectivity index (χ4v) is 2.06. The quantitative estimate of drug-likeness (QED) is 0.689. The zero-order valence-corrected chi connectivity index (χ0v) is 11.0. The van der Waals surface area contributed by atoms with Crippen LogP contribution < -0.4 is 16.0 Å². The topological polar surface area (TPSA) is 88.0 Å². The number of likely N-dealkylation sites (N-methyl/N-ethyl adjacent to an activating group) is 1. The number of aromatic nitrogens is 2. The fraction of sp³-hybridized carbons (Fsp3) is 0.583. The van der Waals surface area contributed by atoms with Crippen molar-refractivity contribution in [2.45, 2.75) is 19.4 Å². The molecule has 1 aromatic rings. The lowest BCUT2D eigenvalue weighted by molar-refractivity contribution is -0.121. The number of hydrogen-bond acceptors (Lipinski definition) is 4. The Morgan fingerprint density at radius 2 is 2.42 bits per heavy atom. The molecule has 1 aromatic heterocycles. The van der Waals surface area contributed by atoms with Crippen LogP contribution in [0.4, 0.5) is 5.69 Å². The summed E-state index contributed by atoms with van der Waals surface area (Å²) in [5.41, 5.74) is 0.625. The molecule has 7 nitrogen and oxygen atoms in total. The van der Waals surface area contributed by atoms with Crippen LogP contribution in [-0.2, 0) is 16.1 Å². The highest BCUT2D eigenvalue weighted by Gasteiger charge is 2.21. The average molecular weight is 265 g/mol. The third-order valence-electron chi connectivity index (χ3n) is 3.15. The molecule has 0 unspecified atom stereocenters. The van der Waals surface area contributed by atoms with Crippen LogP contribution in [0.1, 0.15) is 12.8 Å². The number of nitrogens with zero attached hydrogens (tertiary/aromatic N) is 2. The van der Waals surface area contributed by atoms with Crippen molar-refractivity contribution in [3.8, 4) is 0 Å². The van der Waals surface area contributed by atoms with Gasteiger partial charge in [-0.3, -0.25) is 14.3 Å². The summed E-state index contributed by atoms with van der Waals surface area (Å²) in [6.45, 7) is 1.85. The number of hydrogen-bond donors (Lipinski definition) is 3. The molecule has 2 rings (SSSR count). The number of amides is 2. The Kier molecular flexibility index (Phi) is 4.51. The van der Waals surface area contributed by atoms with Crippen molar-refractivity contribution in [1.82, 2.24) is 20.4 Å². The van der Waals surface area contributed by atoms with Gasteiger partial charge < -0.3 is 16.0 Å². The lowest BCUT2D eigenvalue weighted by Crippen LogP contribution is -2.37. The summed E-state index contributed by atoms with van der Waals surface area (Å²) in [7, 11) is 1.57. The van der Waals surface area contributed by atoms with Crippen LogP contribution in [0.15, 0.2) is 12.4 Å². The second-order valence-corrected chi connectivity index (χ2v) is 4.63. The molecule has 1 saturated heterocycles. The van der Waals surface area contributed by atoms with Crippen molar-refractivity contribution in [3.63, 3.8) is 0 Å². The Morgan fingerprint density at radius 3 is 3.11 bits per heavy atom. The normalized spacial score (nSPS) is 18.9. The van der Waals surface area contributed by atoms with Crippen LogP contribution in [0.5, 0.6) is 0 Å². The van der Waals surface area contributed by atoms with E-state index in [4.69, 9.17) is 0 Å². The van der Waals surface area contributed by atoms with Crippen LogP contribution in [0.25, 0.3) is 0 Å². The van der Waals surface area contributed by atoms with Crippen LogP contribution in [-0.4, -0.2) is 41.7 Å². The molecular weight excluding hydrogens is 246 g/mol. The molecule has 1 aliphatic heterocycles. The number of anilines is 1. The van der Waals surface area contributed by atoms with E-state index in [1.54, 1.807) is 19.4 Å². The second kappa shape index (κ2) is 6.33. The van der Waals surface area contributed by atoms with E-state index in [2.05, 4.69) is 21.0 Å². The molecular formula is C12H19N5O2. The first kappa shape index (κ1) is 13.5. The van der Waals surface area contributed by atoms with Gasteiger partial charge in [0.25, 0.3) is 0 Å². The first-order chi connectivity index (χ1) is 9.19. The Bertz CT molecular complexity index is 451. The van der Waals surface area contributed by atoms with Gasteiger partial charge in [-0.15, -0.1) is 0 Å². The van der Waals surface area contributed by atoms with Crippen molar-refractivity contribution >= 4 is 17.5 Å². The SMILES string of the molecule is CNC(=O)Cn1cc(NC(=O)[C@@H]2CCCNC2)cn1. The molecule has 0 saturated carbocycles. The molecule has 19 heavy (non-hydrogen) atoms. The van der Waals surface area contributed by atoms with E-state index in [0.29, 0.717) is 5.69 Å². The third kappa shape index (κ3) is 3.78. The van der Waals surface area contributed by atoms with Gasteiger partial charge >= 0.3 is 0 Å². The molecule has 2 heterocycles. The van der Waals surface area contributed by atoms with Crippen molar-refractivity contribution in [2.24, 2.45) is 5.92 Å². The molecule has 2 amide bonds. The van der Waals surface area contributed by atoms with Crippen LogP contribution >= 0.6 is 0 Å². The maximum Gasteiger partial charge on any atom is 0.241 e. The molecule has 3 N–H and O–H groups in total. The number of carbonyl (C=O) groups is 2. The molecule has 0 aliphatic carbocycles. The standard InChI is InChI=1S/C12H19N5O2/c1-13-11(18)8-17-7-10(6-15-17)16-12(19)9-3-2-4-14-5-9/h6-7,9,14H,2-5,8H2,1H3,(H,13,18)(H,16,19)/t9-/m1/s1.